The predicted octanol–water partition coefficient (Wildman–Crippen LogP) is 2.46. The van der Waals surface area contributed by atoms with E-state index >= 15 is 0 Å². The van der Waals surface area contributed by atoms with Crippen LogP contribution in [0.4, 0.5) is 5.69 Å². The molecule has 2 aromatic carbocycles. The van der Waals surface area contributed by atoms with E-state index < -0.39 is 16.0 Å². The standard InChI is InChI=1S/C23H28N2O7S/c1-3-12-32-23(27)18-5-7-19(8-6-18)24-22(26)16-17-4-9-20(30-2)21(15-17)33(28,29)25-10-13-31-14-11-25/h4-9,15H,3,10-14,16H2,1-2H3,(H,24,26). The summed E-state index contributed by atoms with van der Waals surface area (Å²) in [5.74, 6) is -0.519. The highest BCUT2D eigenvalue weighted by Gasteiger charge is 2.29. The predicted molar refractivity (Wildman–Crippen MR) is 122 cm³/mol. The number of carbonyl (C=O) groups is 2. The molecule has 10 heteroatoms. The van der Waals surface area contributed by atoms with E-state index in [2.05, 4.69) is 5.32 Å². The molecule has 1 N–H and O–H groups in total. The highest BCUT2D eigenvalue weighted by Crippen LogP contribution is 2.28. The summed E-state index contributed by atoms with van der Waals surface area (Å²) < 4.78 is 43.1. The minimum absolute atomic E-state index is 0.0205. The van der Waals surface area contributed by atoms with Gasteiger partial charge in [-0.05, 0) is 48.4 Å². The lowest BCUT2D eigenvalue weighted by molar-refractivity contribution is -0.115. The fourth-order valence-electron chi connectivity index (χ4n) is 3.32. The quantitative estimate of drug-likeness (QED) is 0.554. The maximum Gasteiger partial charge on any atom is 0.338 e. The summed E-state index contributed by atoms with van der Waals surface area (Å²) in [6, 6.07) is 11.1. The number of hydrogen-bond donors (Lipinski definition) is 1. The fraction of sp³-hybridized carbons (Fsp3) is 0.391. The summed E-state index contributed by atoms with van der Waals surface area (Å²) in [4.78, 5) is 24.4. The Bertz CT molecular complexity index is 1080. The van der Waals surface area contributed by atoms with Crippen molar-refractivity contribution in [2.75, 3.05) is 45.3 Å². The van der Waals surface area contributed by atoms with Crippen molar-refractivity contribution < 1.29 is 32.2 Å². The maximum absolute atomic E-state index is 13.1. The van der Waals surface area contributed by atoms with Crippen LogP contribution in [0.1, 0.15) is 29.3 Å². The van der Waals surface area contributed by atoms with Crippen LogP contribution in [0.5, 0.6) is 5.75 Å². The second-order valence-electron chi connectivity index (χ2n) is 7.44. The number of anilines is 1. The van der Waals surface area contributed by atoms with Crippen molar-refractivity contribution in [1.82, 2.24) is 4.31 Å². The summed E-state index contributed by atoms with van der Waals surface area (Å²) in [7, 11) is -2.38. The average Bonchev–Trinajstić information content (AvgIpc) is 2.83. The maximum atomic E-state index is 13.1. The van der Waals surface area contributed by atoms with Gasteiger partial charge in [0.05, 0.1) is 38.9 Å². The van der Waals surface area contributed by atoms with Crippen molar-refractivity contribution >= 4 is 27.6 Å². The van der Waals surface area contributed by atoms with Crippen LogP contribution in [-0.4, -0.2) is 64.6 Å². The number of esters is 1. The molecule has 1 aliphatic rings. The van der Waals surface area contributed by atoms with Gasteiger partial charge >= 0.3 is 5.97 Å². The molecular weight excluding hydrogens is 448 g/mol. The van der Waals surface area contributed by atoms with Crippen LogP contribution in [0.15, 0.2) is 47.4 Å². The van der Waals surface area contributed by atoms with E-state index in [0.717, 1.165) is 6.42 Å². The Morgan fingerprint density at radius 2 is 1.79 bits per heavy atom. The molecule has 0 unspecified atom stereocenters. The number of amides is 1. The van der Waals surface area contributed by atoms with Crippen LogP contribution >= 0.6 is 0 Å². The lowest BCUT2D eigenvalue weighted by atomic mass is 10.1. The molecule has 9 nitrogen and oxygen atoms in total. The van der Waals surface area contributed by atoms with Crippen molar-refractivity contribution in [3.63, 3.8) is 0 Å². The zero-order valence-electron chi connectivity index (χ0n) is 18.7. The first-order valence-corrected chi connectivity index (χ1v) is 12.1. The van der Waals surface area contributed by atoms with Crippen molar-refractivity contribution in [2.24, 2.45) is 0 Å². The zero-order chi connectivity index (χ0) is 23.8. The van der Waals surface area contributed by atoms with Gasteiger partial charge in [-0.2, -0.15) is 4.31 Å². The van der Waals surface area contributed by atoms with Gasteiger partial charge in [-0.15, -0.1) is 0 Å². The molecule has 1 aliphatic heterocycles. The van der Waals surface area contributed by atoms with Gasteiger partial charge in [0.2, 0.25) is 15.9 Å². The highest BCUT2D eigenvalue weighted by molar-refractivity contribution is 7.89. The number of morpholine rings is 1. The molecule has 1 heterocycles. The van der Waals surface area contributed by atoms with E-state index in [-0.39, 0.29) is 36.1 Å². The Balaban J connectivity index is 1.70. The van der Waals surface area contributed by atoms with Gasteiger partial charge < -0.3 is 19.5 Å². The number of ether oxygens (including phenoxy) is 3. The molecule has 33 heavy (non-hydrogen) atoms. The molecule has 1 fully saturated rings. The smallest absolute Gasteiger partial charge is 0.338 e. The molecule has 0 spiro atoms. The van der Waals surface area contributed by atoms with Gasteiger partial charge in [-0.1, -0.05) is 13.0 Å². The first-order valence-electron chi connectivity index (χ1n) is 10.7. The summed E-state index contributed by atoms with van der Waals surface area (Å²) in [6.45, 7) is 3.45. The number of benzene rings is 2. The second kappa shape index (κ2) is 11.3. The third kappa shape index (κ3) is 6.31. The van der Waals surface area contributed by atoms with Crippen molar-refractivity contribution in [2.45, 2.75) is 24.7 Å². The lowest BCUT2D eigenvalue weighted by Gasteiger charge is -2.26. The monoisotopic (exact) mass is 476 g/mol. The fourth-order valence-corrected chi connectivity index (χ4v) is 4.93. The van der Waals surface area contributed by atoms with Crippen molar-refractivity contribution in [1.29, 1.82) is 0 Å². The highest BCUT2D eigenvalue weighted by atomic mass is 32.2. The van der Waals surface area contributed by atoms with Gasteiger partial charge in [0, 0.05) is 18.8 Å². The average molecular weight is 477 g/mol. The van der Waals surface area contributed by atoms with Gasteiger partial charge in [0.25, 0.3) is 0 Å². The van der Waals surface area contributed by atoms with Gasteiger partial charge in [0.1, 0.15) is 10.6 Å². The molecule has 0 saturated carbocycles. The number of nitrogens with zero attached hydrogens (tertiary/aromatic N) is 1. The van der Waals surface area contributed by atoms with Crippen molar-refractivity contribution in [3.8, 4) is 5.75 Å². The number of carbonyl (C=O) groups excluding carboxylic acids is 2. The Labute approximate surface area is 193 Å². The van der Waals surface area contributed by atoms with Crippen LogP contribution in [0.2, 0.25) is 0 Å². The molecule has 0 radical (unpaired) electrons. The van der Waals surface area contributed by atoms with Gasteiger partial charge in [0.15, 0.2) is 0 Å². The molecule has 178 valence electrons. The molecular formula is C23H28N2O7S. The number of sulfonamides is 1. The Kier molecular flexibility index (Phi) is 8.43. The third-order valence-corrected chi connectivity index (χ3v) is 6.94. The van der Waals surface area contributed by atoms with E-state index in [1.54, 1.807) is 36.4 Å². The summed E-state index contributed by atoms with van der Waals surface area (Å²) in [5, 5.41) is 2.75. The molecule has 1 saturated heterocycles. The van der Waals surface area contributed by atoms with Crippen LogP contribution in [-0.2, 0) is 30.7 Å². The van der Waals surface area contributed by atoms with Gasteiger partial charge in [-0.25, -0.2) is 13.2 Å². The summed E-state index contributed by atoms with van der Waals surface area (Å²) in [6.07, 6.45) is 0.705. The van der Waals surface area contributed by atoms with Crippen LogP contribution < -0.4 is 10.1 Å². The Hall–Kier alpha value is -2.95. The van der Waals surface area contributed by atoms with Crippen LogP contribution in [0.25, 0.3) is 0 Å². The second-order valence-corrected chi connectivity index (χ2v) is 9.35. The van der Waals surface area contributed by atoms with Gasteiger partial charge in [-0.3, -0.25) is 4.79 Å². The zero-order valence-corrected chi connectivity index (χ0v) is 19.5. The molecule has 0 bridgehead atoms. The minimum Gasteiger partial charge on any atom is -0.495 e. The van der Waals surface area contributed by atoms with Crippen LogP contribution in [0, 0.1) is 0 Å². The number of nitrogens with one attached hydrogen (secondary N) is 1. The van der Waals surface area contributed by atoms with Crippen LogP contribution in [0.3, 0.4) is 0 Å². The Morgan fingerprint density at radius 1 is 1.09 bits per heavy atom. The first kappa shape index (κ1) is 24.7. The minimum atomic E-state index is -3.79. The number of hydrogen-bond acceptors (Lipinski definition) is 7. The number of methoxy groups -OCH3 is 1. The van der Waals surface area contributed by atoms with E-state index in [4.69, 9.17) is 14.2 Å². The van der Waals surface area contributed by atoms with E-state index in [1.807, 2.05) is 6.92 Å². The third-order valence-electron chi connectivity index (χ3n) is 5.02. The molecule has 0 aromatic heterocycles. The largest absolute Gasteiger partial charge is 0.495 e. The topological polar surface area (TPSA) is 111 Å². The normalized spacial score (nSPS) is 14.5. The molecule has 0 aliphatic carbocycles. The SMILES string of the molecule is CCCOC(=O)c1ccc(NC(=O)Cc2ccc(OC)c(S(=O)(=O)N3CCOCC3)c2)cc1. The lowest BCUT2D eigenvalue weighted by Crippen LogP contribution is -2.40. The molecule has 1 amide bonds. The van der Waals surface area contributed by atoms with E-state index in [0.29, 0.717) is 36.6 Å². The van der Waals surface area contributed by atoms with Crippen molar-refractivity contribution in [3.05, 3.63) is 53.6 Å². The van der Waals surface area contributed by atoms with E-state index in [1.165, 1.54) is 17.5 Å². The van der Waals surface area contributed by atoms with E-state index in [9.17, 15) is 18.0 Å². The first-order chi connectivity index (χ1) is 15.8. The number of rotatable bonds is 9. The molecule has 0 atom stereocenters. The Morgan fingerprint density at radius 3 is 2.42 bits per heavy atom. The molecule has 3 rings (SSSR count). The summed E-state index contributed by atoms with van der Waals surface area (Å²) >= 11 is 0. The summed E-state index contributed by atoms with van der Waals surface area (Å²) in [5.41, 5.74) is 1.44. The molecule has 2 aromatic rings.